The molecule has 0 fully saturated rings. The van der Waals surface area contributed by atoms with Gasteiger partial charge in [-0.2, -0.15) is 0 Å². The van der Waals surface area contributed by atoms with Crippen molar-refractivity contribution in [3.05, 3.63) is 70.8 Å². The van der Waals surface area contributed by atoms with Gasteiger partial charge in [0.1, 0.15) is 11.6 Å². The highest BCUT2D eigenvalue weighted by atomic mass is 19.1. The summed E-state index contributed by atoms with van der Waals surface area (Å²) in [6.07, 6.45) is 4.61. The molecule has 0 bridgehead atoms. The lowest BCUT2D eigenvalue weighted by atomic mass is 9.98. The van der Waals surface area contributed by atoms with Crippen LogP contribution in [0.3, 0.4) is 0 Å². The highest BCUT2D eigenvalue weighted by molar-refractivity contribution is 5.92. The molecule has 1 aliphatic rings. The van der Waals surface area contributed by atoms with Crippen LogP contribution in [0.25, 0.3) is 6.08 Å². The Hall–Kier alpha value is -2.69. The van der Waals surface area contributed by atoms with Gasteiger partial charge in [-0.25, -0.2) is 8.78 Å². The molecular weight excluding hydrogens is 322 g/mol. The zero-order valence-electron chi connectivity index (χ0n) is 14.0. The molecule has 0 aliphatic carbocycles. The van der Waals surface area contributed by atoms with Crippen molar-refractivity contribution in [3.63, 3.8) is 0 Å². The van der Waals surface area contributed by atoms with Crippen molar-refractivity contribution >= 4 is 17.7 Å². The van der Waals surface area contributed by atoms with E-state index >= 15 is 0 Å². The molecule has 5 heteroatoms. The molecule has 0 aromatic heterocycles. The van der Waals surface area contributed by atoms with Gasteiger partial charge in [0.2, 0.25) is 5.91 Å². The van der Waals surface area contributed by atoms with E-state index in [0.29, 0.717) is 0 Å². The second-order valence-corrected chi connectivity index (χ2v) is 6.18. The molecule has 0 saturated carbocycles. The SMILES string of the molecule is CC(NC(=O)C=Cc1cc(F)ccc1F)c1ccc2c(c1)CCCN2. The third-order valence-electron chi connectivity index (χ3n) is 4.30. The molecule has 1 unspecified atom stereocenters. The number of amides is 1. The molecule has 1 atom stereocenters. The fourth-order valence-electron chi connectivity index (χ4n) is 2.92. The van der Waals surface area contributed by atoms with E-state index in [0.717, 1.165) is 48.8 Å². The Kier molecular flexibility index (Phi) is 5.12. The smallest absolute Gasteiger partial charge is 0.244 e. The molecule has 0 saturated heterocycles. The Morgan fingerprint density at radius 2 is 2.08 bits per heavy atom. The molecule has 1 aliphatic heterocycles. The Labute approximate surface area is 145 Å². The summed E-state index contributed by atoms with van der Waals surface area (Å²) in [6, 6.07) is 9.07. The number of fused-ring (bicyclic) bond motifs is 1. The van der Waals surface area contributed by atoms with Gasteiger partial charge in [0.25, 0.3) is 0 Å². The molecule has 130 valence electrons. The summed E-state index contributed by atoms with van der Waals surface area (Å²) < 4.78 is 26.7. The quantitative estimate of drug-likeness (QED) is 0.817. The van der Waals surface area contributed by atoms with E-state index < -0.39 is 11.6 Å². The number of anilines is 1. The van der Waals surface area contributed by atoms with Gasteiger partial charge in [-0.05, 0) is 61.2 Å². The van der Waals surface area contributed by atoms with Crippen molar-refractivity contribution in [1.29, 1.82) is 0 Å². The average Bonchev–Trinajstić information content (AvgIpc) is 2.62. The Morgan fingerprint density at radius 3 is 2.92 bits per heavy atom. The fourth-order valence-corrected chi connectivity index (χ4v) is 2.92. The van der Waals surface area contributed by atoms with Gasteiger partial charge in [0, 0.05) is 23.9 Å². The maximum Gasteiger partial charge on any atom is 0.244 e. The topological polar surface area (TPSA) is 41.1 Å². The summed E-state index contributed by atoms with van der Waals surface area (Å²) >= 11 is 0. The second kappa shape index (κ2) is 7.47. The van der Waals surface area contributed by atoms with Gasteiger partial charge >= 0.3 is 0 Å². The van der Waals surface area contributed by atoms with Gasteiger partial charge in [-0.1, -0.05) is 12.1 Å². The summed E-state index contributed by atoms with van der Waals surface area (Å²) in [5.74, 6) is -1.47. The predicted octanol–water partition coefficient (Wildman–Crippen LogP) is 4.21. The number of halogens is 2. The van der Waals surface area contributed by atoms with Crippen molar-refractivity contribution in [2.45, 2.75) is 25.8 Å². The summed E-state index contributed by atoms with van der Waals surface area (Å²) in [6.45, 7) is 2.88. The number of carbonyl (C=O) groups excluding carboxylic acids is 1. The van der Waals surface area contributed by atoms with Crippen molar-refractivity contribution in [1.82, 2.24) is 5.32 Å². The van der Waals surface area contributed by atoms with Gasteiger partial charge in [-0.15, -0.1) is 0 Å². The maximum absolute atomic E-state index is 13.6. The van der Waals surface area contributed by atoms with Crippen molar-refractivity contribution < 1.29 is 13.6 Å². The van der Waals surface area contributed by atoms with Crippen molar-refractivity contribution in [2.75, 3.05) is 11.9 Å². The lowest BCUT2D eigenvalue weighted by Crippen LogP contribution is -2.25. The number of carbonyl (C=O) groups is 1. The summed E-state index contributed by atoms with van der Waals surface area (Å²) in [7, 11) is 0. The minimum Gasteiger partial charge on any atom is -0.385 e. The van der Waals surface area contributed by atoms with Crippen LogP contribution in [-0.2, 0) is 11.2 Å². The van der Waals surface area contributed by atoms with Crippen molar-refractivity contribution in [3.8, 4) is 0 Å². The molecule has 2 N–H and O–H groups in total. The van der Waals surface area contributed by atoms with E-state index in [2.05, 4.69) is 16.7 Å². The number of aryl methyl sites for hydroxylation is 1. The first-order valence-corrected chi connectivity index (χ1v) is 8.33. The maximum atomic E-state index is 13.6. The largest absolute Gasteiger partial charge is 0.385 e. The normalized spacial score (nSPS) is 14.7. The minimum absolute atomic E-state index is 0.0441. The zero-order valence-corrected chi connectivity index (χ0v) is 14.0. The molecule has 0 radical (unpaired) electrons. The first-order chi connectivity index (χ1) is 12.0. The summed E-state index contributed by atoms with van der Waals surface area (Å²) in [5, 5.41) is 6.20. The first kappa shape index (κ1) is 17.1. The molecule has 25 heavy (non-hydrogen) atoms. The van der Waals surface area contributed by atoms with Gasteiger partial charge < -0.3 is 10.6 Å². The molecule has 1 heterocycles. The van der Waals surface area contributed by atoms with Crippen LogP contribution >= 0.6 is 0 Å². The van der Waals surface area contributed by atoms with Crippen LogP contribution in [-0.4, -0.2) is 12.5 Å². The summed E-state index contributed by atoms with van der Waals surface area (Å²) in [4.78, 5) is 12.1. The Bertz CT molecular complexity index is 817. The summed E-state index contributed by atoms with van der Waals surface area (Å²) in [5.41, 5.74) is 3.46. The first-order valence-electron chi connectivity index (χ1n) is 8.33. The molecule has 3 rings (SSSR count). The molecule has 2 aromatic carbocycles. The lowest BCUT2D eigenvalue weighted by molar-refractivity contribution is -0.117. The van der Waals surface area contributed by atoms with E-state index in [1.165, 1.54) is 17.7 Å². The number of benzene rings is 2. The van der Waals surface area contributed by atoms with E-state index in [9.17, 15) is 13.6 Å². The van der Waals surface area contributed by atoms with Gasteiger partial charge in [0.05, 0.1) is 6.04 Å². The third-order valence-corrected chi connectivity index (χ3v) is 4.30. The van der Waals surface area contributed by atoms with Crippen LogP contribution in [0.1, 0.15) is 36.1 Å². The highest BCUT2D eigenvalue weighted by Gasteiger charge is 2.13. The van der Waals surface area contributed by atoms with Crippen molar-refractivity contribution in [2.24, 2.45) is 0 Å². The van der Waals surface area contributed by atoms with Gasteiger partial charge in [0.15, 0.2) is 0 Å². The van der Waals surface area contributed by atoms with Crippen LogP contribution in [0.2, 0.25) is 0 Å². The van der Waals surface area contributed by atoms with Crippen LogP contribution < -0.4 is 10.6 Å². The second-order valence-electron chi connectivity index (χ2n) is 6.18. The number of nitrogens with one attached hydrogen (secondary N) is 2. The fraction of sp³-hybridized carbons (Fsp3) is 0.250. The number of hydrogen-bond acceptors (Lipinski definition) is 2. The van der Waals surface area contributed by atoms with E-state index in [1.807, 2.05) is 19.1 Å². The Balaban J connectivity index is 1.66. The monoisotopic (exact) mass is 342 g/mol. The zero-order chi connectivity index (χ0) is 17.8. The molecule has 0 spiro atoms. The van der Waals surface area contributed by atoms with Crippen LogP contribution in [0.15, 0.2) is 42.5 Å². The molecule has 3 nitrogen and oxygen atoms in total. The minimum atomic E-state index is -0.569. The van der Waals surface area contributed by atoms with E-state index in [1.54, 1.807) is 0 Å². The van der Waals surface area contributed by atoms with Crippen LogP contribution in [0.4, 0.5) is 14.5 Å². The van der Waals surface area contributed by atoms with Crippen LogP contribution in [0.5, 0.6) is 0 Å². The van der Waals surface area contributed by atoms with Gasteiger partial charge in [-0.3, -0.25) is 4.79 Å². The molecular formula is C20H20F2N2O. The average molecular weight is 342 g/mol. The molecule has 1 amide bonds. The van der Waals surface area contributed by atoms with E-state index in [-0.39, 0.29) is 17.5 Å². The Morgan fingerprint density at radius 1 is 1.24 bits per heavy atom. The standard InChI is InChI=1S/C20H20F2N2O/c1-13(14-4-8-19-16(11-14)3-2-10-23-19)24-20(25)9-5-15-12-17(21)6-7-18(15)22/h4-9,11-13,23H,2-3,10H2,1H3,(H,24,25). The molecule has 2 aromatic rings. The number of rotatable bonds is 4. The lowest BCUT2D eigenvalue weighted by Gasteiger charge is -2.21. The third kappa shape index (κ3) is 4.24. The number of hydrogen-bond donors (Lipinski definition) is 2. The van der Waals surface area contributed by atoms with E-state index in [4.69, 9.17) is 0 Å². The highest BCUT2D eigenvalue weighted by Crippen LogP contribution is 2.25. The predicted molar refractivity (Wildman–Crippen MR) is 95.2 cm³/mol. The van der Waals surface area contributed by atoms with Crippen LogP contribution in [0, 0.1) is 11.6 Å².